The van der Waals surface area contributed by atoms with Crippen LogP contribution in [0.25, 0.3) is 0 Å². The van der Waals surface area contributed by atoms with Crippen LogP contribution in [0.1, 0.15) is 21.5 Å². The van der Waals surface area contributed by atoms with E-state index in [0.717, 1.165) is 5.56 Å². The van der Waals surface area contributed by atoms with Gasteiger partial charge in [-0.1, -0.05) is 12.1 Å². The molecule has 0 spiro atoms. The summed E-state index contributed by atoms with van der Waals surface area (Å²) in [7, 11) is 1.47. The molecule has 0 aliphatic carbocycles. The number of phenolic OH excluding ortho intramolecular Hbond substituents is 1. The molecule has 1 radical (unpaired) electrons. The Kier molecular flexibility index (Phi) is 3.89. The van der Waals surface area contributed by atoms with E-state index in [0.29, 0.717) is 5.56 Å². The first kappa shape index (κ1) is 13.9. The summed E-state index contributed by atoms with van der Waals surface area (Å²) in [5, 5.41) is 11.9. The Morgan fingerprint density at radius 2 is 2.15 bits per heavy atom. The average Bonchev–Trinajstić information content (AvgIpc) is 2.41. The fraction of sp³-hybridized carbons (Fsp3) is 0.133. The van der Waals surface area contributed by atoms with E-state index in [1.165, 1.54) is 17.7 Å². The molecular weight excluding hydrogens is 256 g/mol. The zero-order valence-electron chi connectivity index (χ0n) is 11.1. The van der Waals surface area contributed by atoms with Gasteiger partial charge in [0.2, 0.25) is 0 Å². The first-order valence-corrected chi connectivity index (χ1v) is 6.07. The summed E-state index contributed by atoms with van der Waals surface area (Å²) in [5.74, 6) is -0.307. The molecule has 0 bridgehead atoms. The van der Waals surface area contributed by atoms with Crippen LogP contribution in [0.5, 0.6) is 5.75 Å². The SMILES string of the molecule is [CH2]c1cc(C(=O)NC)c(=O)n(Cc2cccc(O)c2)c1. The highest BCUT2D eigenvalue weighted by molar-refractivity contribution is 5.93. The molecule has 0 fully saturated rings. The van der Waals surface area contributed by atoms with Crippen LogP contribution in [0.15, 0.2) is 41.3 Å². The van der Waals surface area contributed by atoms with Crippen molar-refractivity contribution in [1.29, 1.82) is 0 Å². The molecule has 5 heteroatoms. The van der Waals surface area contributed by atoms with Crippen LogP contribution in [-0.4, -0.2) is 22.6 Å². The van der Waals surface area contributed by atoms with E-state index >= 15 is 0 Å². The van der Waals surface area contributed by atoms with Gasteiger partial charge in [-0.3, -0.25) is 9.59 Å². The van der Waals surface area contributed by atoms with Gasteiger partial charge in [0.1, 0.15) is 11.3 Å². The van der Waals surface area contributed by atoms with Crippen molar-refractivity contribution in [2.75, 3.05) is 7.05 Å². The topological polar surface area (TPSA) is 71.3 Å². The average molecular weight is 271 g/mol. The number of amides is 1. The Morgan fingerprint density at radius 3 is 2.80 bits per heavy atom. The smallest absolute Gasteiger partial charge is 0.263 e. The van der Waals surface area contributed by atoms with Gasteiger partial charge >= 0.3 is 0 Å². The molecule has 5 nitrogen and oxygen atoms in total. The van der Waals surface area contributed by atoms with Crippen LogP contribution in [0.3, 0.4) is 0 Å². The van der Waals surface area contributed by atoms with Gasteiger partial charge in [-0.15, -0.1) is 0 Å². The molecular formula is C15H15N2O3. The summed E-state index contributed by atoms with van der Waals surface area (Å²) in [6, 6.07) is 8.08. The number of phenols is 1. The van der Waals surface area contributed by atoms with Gasteiger partial charge < -0.3 is 15.0 Å². The number of hydrogen-bond donors (Lipinski definition) is 2. The quantitative estimate of drug-likeness (QED) is 0.879. The number of carbonyl (C=O) groups is 1. The fourth-order valence-electron chi connectivity index (χ4n) is 1.96. The second kappa shape index (κ2) is 5.61. The van der Waals surface area contributed by atoms with E-state index in [9.17, 15) is 14.7 Å². The number of nitrogens with zero attached hydrogens (tertiary/aromatic N) is 1. The van der Waals surface area contributed by atoms with Gasteiger partial charge in [-0.25, -0.2) is 0 Å². The number of rotatable bonds is 3. The lowest BCUT2D eigenvalue weighted by Crippen LogP contribution is -2.31. The van der Waals surface area contributed by atoms with E-state index in [-0.39, 0.29) is 23.4 Å². The molecule has 1 aromatic heterocycles. The summed E-state index contributed by atoms with van der Waals surface area (Å²) >= 11 is 0. The molecule has 103 valence electrons. The predicted molar refractivity (Wildman–Crippen MR) is 75.8 cm³/mol. The molecule has 2 aromatic rings. The number of hydrogen-bond acceptors (Lipinski definition) is 3. The summed E-state index contributed by atoms with van der Waals surface area (Å²) in [4.78, 5) is 23.9. The van der Waals surface area contributed by atoms with Gasteiger partial charge in [0.25, 0.3) is 11.5 Å². The Balaban J connectivity index is 2.45. The van der Waals surface area contributed by atoms with Crippen molar-refractivity contribution in [3.05, 3.63) is 70.5 Å². The number of aromatic nitrogens is 1. The molecule has 0 aliphatic rings. The molecule has 0 unspecified atom stereocenters. The molecule has 0 atom stereocenters. The molecule has 1 amide bonds. The van der Waals surface area contributed by atoms with Crippen LogP contribution in [-0.2, 0) is 6.54 Å². The van der Waals surface area contributed by atoms with Crippen LogP contribution in [0, 0.1) is 6.92 Å². The van der Waals surface area contributed by atoms with Crippen molar-refractivity contribution in [3.63, 3.8) is 0 Å². The monoisotopic (exact) mass is 271 g/mol. The number of aromatic hydroxyl groups is 1. The molecule has 0 aliphatic heterocycles. The maximum Gasteiger partial charge on any atom is 0.263 e. The summed E-state index contributed by atoms with van der Waals surface area (Å²) in [6.07, 6.45) is 1.58. The first-order valence-electron chi connectivity index (χ1n) is 6.07. The van der Waals surface area contributed by atoms with E-state index < -0.39 is 5.91 Å². The summed E-state index contributed by atoms with van der Waals surface area (Å²) < 4.78 is 1.40. The number of carbonyl (C=O) groups excluding carboxylic acids is 1. The van der Waals surface area contributed by atoms with Crippen molar-refractivity contribution < 1.29 is 9.90 Å². The van der Waals surface area contributed by atoms with Gasteiger partial charge in [-0.2, -0.15) is 0 Å². The Bertz CT molecular complexity index is 705. The van der Waals surface area contributed by atoms with Crippen LogP contribution in [0.4, 0.5) is 0 Å². The first-order chi connectivity index (χ1) is 9.51. The highest BCUT2D eigenvalue weighted by Crippen LogP contribution is 2.12. The minimum atomic E-state index is -0.440. The second-order valence-corrected chi connectivity index (χ2v) is 4.44. The van der Waals surface area contributed by atoms with Crippen molar-refractivity contribution in [3.8, 4) is 5.75 Å². The molecule has 2 N–H and O–H groups in total. The second-order valence-electron chi connectivity index (χ2n) is 4.44. The lowest BCUT2D eigenvalue weighted by atomic mass is 10.1. The fourth-order valence-corrected chi connectivity index (χ4v) is 1.96. The molecule has 2 rings (SSSR count). The zero-order chi connectivity index (χ0) is 14.7. The van der Waals surface area contributed by atoms with Crippen molar-refractivity contribution >= 4 is 5.91 Å². The highest BCUT2D eigenvalue weighted by atomic mass is 16.3. The normalized spacial score (nSPS) is 10.3. The van der Waals surface area contributed by atoms with Crippen molar-refractivity contribution in [2.45, 2.75) is 6.54 Å². The minimum absolute atomic E-state index is 0.0557. The summed E-state index contributed by atoms with van der Waals surface area (Å²) in [6.45, 7) is 4.03. The standard InChI is InChI=1S/C15H15N2O3/c1-10-6-13(14(19)16-2)15(20)17(8-10)9-11-4-3-5-12(18)7-11/h3-8,18H,1,9H2,2H3,(H,16,19). The largest absolute Gasteiger partial charge is 0.508 e. The third-order valence-corrected chi connectivity index (χ3v) is 2.88. The number of nitrogens with one attached hydrogen (secondary N) is 1. The lowest BCUT2D eigenvalue weighted by molar-refractivity contribution is 0.0961. The number of benzene rings is 1. The van der Waals surface area contributed by atoms with Crippen LogP contribution < -0.4 is 10.9 Å². The minimum Gasteiger partial charge on any atom is -0.508 e. The Hall–Kier alpha value is -2.56. The molecule has 20 heavy (non-hydrogen) atoms. The number of pyridine rings is 1. The molecule has 1 heterocycles. The molecule has 0 saturated carbocycles. The van der Waals surface area contributed by atoms with Gasteiger partial charge in [0.15, 0.2) is 0 Å². The maximum atomic E-state index is 12.2. The Morgan fingerprint density at radius 1 is 1.40 bits per heavy atom. The third-order valence-electron chi connectivity index (χ3n) is 2.88. The van der Waals surface area contributed by atoms with Crippen LogP contribution in [0.2, 0.25) is 0 Å². The molecule has 0 saturated heterocycles. The van der Waals surface area contributed by atoms with Crippen molar-refractivity contribution in [2.24, 2.45) is 0 Å². The molecule has 1 aromatic carbocycles. The van der Waals surface area contributed by atoms with E-state index in [1.807, 2.05) is 0 Å². The highest BCUT2D eigenvalue weighted by Gasteiger charge is 2.12. The van der Waals surface area contributed by atoms with Gasteiger partial charge in [0, 0.05) is 13.2 Å². The maximum absolute atomic E-state index is 12.2. The Labute approximate surface area is 116 Å². The summed E-state index contributed by atoms with van der Waals surface area (Å²) in [5.41, 5.74) is 1.00. The predicted octanol–water partition coefficient (Wildman–Crippen LogP) is 1.14. The van der Waals surface area contributed by atoms with Gasteiger partial charge in [-0.05, 0) is 36.2 Å². The zero-order valence-corrected chi connectivity index (χ0v) is 11.1. The van der Waals surface area contributed by atoms with Gasteiger partial charge in [0.05, 0.1) is 6.54 Å². The van der Waals surface area contributed by atoms with Crippen molar-refractivity contribution in [1.82, 2.24) is 9.88 Å². The third kappa shape index (κ3) is 2.88. The van der Waals surface area contributed by atoms with E-state index in [1.54, 1.807) is 30.5 Å². The lowest BCUT2D eigenvalue weighted by Gasteiger charge is -2.10. The van der Waals surface area contributed by atoms with E-state index in [2.05, 4.69) is 12.2 Å². The van der Waals surface area contributed by atoms with Crippen LogP contribution >= 0.6 is 0 Å². The van der Waals surface area contributed by atoms with E-state index in [4.69, 9.17) is 0 Å².